The number of nitrogens with zero attached hydrogens (tertiary/aromatic N) is 1. The number of benzene rings is 2. The molecule has 24 heavy (non-hydrogen) atoms. The number of carbonyl (C=O) groups excluding carboxylic acids is 1. The van der Waals surface area contributed by atoms with Gasteiger partial charge in [-0.15, -0.1) is 0 Å². The Morgan fingerprint density at radius 1 is 1.25 bits per heavy atom. The average Bonchev–Trinajstić information content (AvgIpc) is 3.02. The van der Waals surface area contributed by atoms with Gasteiger partial charge >= 0.3 is 0 Å². The van der Waals surface area contributed by atoms with Gasteiger partial charge in [0.1, 0.15) is 5.82 Å². The number of carbonyl (C=O) groups is 1. The van der Waals surface area contributed by atoms with Gasteiger partial charge < -0.3 is 5.32 Å². The molecule has 0 aliphatic carbocycles. The van der Waals surface area contributed by atoms with Crippen molar-refractivity contribution in [2.75, 3.05) is 13.1 Å². The number of nitrogens with one attached hydrogen (secondary N) is 1. The highest BCUT2D eigenvalue weighted by Crippen LogP contribution is 2.32. The molecule has 1 heterocycles. The van der Waals surface area contributed by atoms with E-state index >= 15 is 0 Å². The van der Waals surface area contributed by atoms with Gasteiger partial charge in [-0.3, -0.25) is 9.69 Å². The van der Waals surface area contributed by atoms with Crippen LogP contribution < -0.4 is 5.32 Å². The Labute approximate surface area is 150 Å². The van der Waals surface area contributed by atoms with E-state index in [4.69, 9.17) is 0 Å². The Balaban J connectivity index is 1.58. The Bertz CT molecular complexity index is 722. The monoisotopic (exact) mass is 390 g/mol. The molecule has 1 amide bonds. The molecule has 1 aliphatic rings. The lowest BCUT2D eigenvalue weighted by atomic mass is 10.0. The van der Waals surface area contributed by atoms with Crippen LogP contribution in [0.5, 0.6) is 0 Å². The number of halogens is 2. The fourth-order valence-electron chi connectivity index (χ4n) is 3.18. The van der Waals surface area contributed by atoms with E-state index in [9.17, 15) is 9.18 Å². The zero-order chi connectivity index (χ0) is 16.9. The van der Waals surface area contributed by atoms with Crippen molar-refractivity contribution < 1.29 is 9.18 Å². The molecule has 1 saturated heterocycles. The van der Waals surface area contributed by atoms with Crippen molar-refractivity contribution >= 4 is 21.8 Å². The molecule has 1 N–H and O–H groups in total. The maximum Gasteiger partial charge on any atom is 0.234 e. The molecule has 3 rings (SSSR count). The average molecular weight is 391 g/mol. The summed E-state index contributed by atoms with van der Waals surface area (Å²) in [6, 6.07) is 15.0. The van der Waals surface area contributed by atoms with Crippen LogP contribution in [0.1, 0.15) is 30.0 Å². The van der Waals surface area contributed by atoms with Crippen LogP contribution >= 0.6 is 15.9 Å². The first-order valence-electron chi connectivity index (χ1n) is 8.13. The van der Waals surface area contributed by atoms with Gasteiger partial charge in [-0.2, -0.15) is 0 Å². The molecule has 5 heteroatoms. The van der Waals surface area contributed by atoms with Crippen LogP contribution in [0.2, 0.25) is 0 Å². The lowest BCUT2D eigenvalue weighted by Crippen LogP contribution is -2.36. The SMILES string of the molecule is O=C(CN1CCCC1c1cccc(Br)c1)NCc1ccccc1F. The summed E-state index contributed by atoms with van der Waals surface area (Å²) in [6.45, 7) is 1.47. The van der Waals surface area contributed by atoms with Gasteiger partial charge in [0.2, 0.25) is 5.91 Å². The van der Waals surface area contributed by atoms with Crippen molar-refractivity contribution in [2.45, 2.75) is 25.4 Å². The number of likely N-dealkylation sites (tertiary alicyclic amines) is 1. The molecule has 0 bridgehead atoms. The molecular formula is C19H20BrFN2O. The fraction of sp³-hybridized carbons (Fsp3) is 0.316. The first-order chi connectivity index (χ1) is 11.6. The topological polar surface area (TPSA) is 32.3 Å². The zero-order valence-corrected chi connectivity index (χ0v) is 14.9. The zero-order valence-electron chi connectivity index (χ0n) is 13.3. The summed E-state index contributed by atoms with van der Waals surface area (Å²) < 4.78 is 14.7. The van der Waals surface area contributed by atoms with Gasteiger partial charge in [-0.1, -0.05) is 46.3 Å². The van der Waals surface area contributed by atoms with Crippen LogP contribution in [0.4, 0.5) is 4.39 Å². The molecule has 2 aromatic rings. The molecule has 0 aromatic heterocycles. The van der Waals surface area contributed by atoms with E-state index in [1.807, 2.05) is 12.1 Å². The second-order valence-corrected chi connectivity index (χ2v) is 6.97. The highest BCUT2D eigenvalue weighted by molar-refractivity contribution is 9.10. The van der Waals surface area contributed by atoms with Crippen LogP contribution in [-0.2, 0) is 11.3 Å². The molecule has 0 radical (unpaired) electrons. The molecule has 126 valence electrons. The van der Waals surface area contributed by atoms with E-state index in [2.05, 4.69) is 38.3 Å². The standard InChI is InChI=1S/C19H20BrFN2O/c20-16-7-3-6-14(11-16)18-9-4-10-23(18)13-19(24)22-12-15-5-1-2-8-17(15)21/h1-3,5-8,11,18H,4,9-10,12-13H2,(H,22,24). The van der Waals surface area contributed by atoms with Crippen LogP contribution in [0.15, 0.2) is 53.0 Å². The van der Waals surface area contributed by atoms with E-state index in [-0.39, 0.29) is 24.3 Å². The van der Waals surface area contributed by atoms with Gasteiger partial charge in [0.25, 0.3) is 0 Å². The minimum absolute atomic E-state index is 0.0693. The number of amides is 1. The smallest absolute Gasteiger partial charge is 0.234 e. The van der Waals surface area contributed by atoms with Crippen molar-refractivity contribution in [2.24, 2.45) is 0 Å². The second kappa shape index (κ2) is 7.90. The van der Waals surface area contributed by atoms with E-state index in [0.717, 1.165) is 23.9 Å². The second-order valence-electron chi connectivity index (χ2n) is 6.05. The summed E-state index contributed by atoms with van der Waals surface area (Å²) in [5.41, 5.74) is 1.74. The van der Waals surface area contributed by atoms with E-state index < -0.39 is 0 Å². The third-order valence-corrected chi connectivity index (χ3v) is 4.87. The predicted octanol–water partition coefficient (Wildman–Crippen LogP) is 4.04. The van der Waals surface area contributed by atoms with E-state index in [1.165, 1.54) is 11.6 Å². The lowest BCUT2D eigenvalue weighted by molar-refractivity contribution is -0.122. The first kappa shape index (κ1) is 17.1. The van der Waals surface area contributed by atoms with Gasteiger partial charge in [0.15, 0.2) is 0 Å². The van der Waals surface area contributed by atoms with E-state index in [0.29, 0.717) is 12.1 Å². The molecule has 1 aliphatic heterocycles. The minimum atomic E-state index is -0.286. The summed E-state index contributed by atoms with van der Waals surface area (Å²) in [6.07, 6.45) is 2.13. The summed E-state index contributed by atoms with van der Waals surface area (Å²) >= 11 is 3.50. The molecule has 3 nitrogen and oxygen atoms in total. The Kier molecular flexibility index (Phi) is 5.63. The quantitative estimate of drug-likeness (QED) is 0.835. The molecular weight excluding hydrogens is 371 g/mol. The Hall–Kier alpha value is -1.72. The van der Waals surface area contributed by atoms with Gasteiger partial charge in [-0.25, -0.2) is 4.39 Å². The van der Waals surface area contributed by atoms with Crippen molar-refractivity contribution in [1.29, 1.82) is 0 Å². The van der Waals surface area contributed by atoms with Crippen LogP contribution in [0, 0.1) is 5.82 Å². The van der Waals surface area contributed by atoms with E-state index in [1.54, 1.807) is 18.2 Å². The fourth-order valence-corrected chi connectivity index (χ4v) is 3.60. The van der Waals surface area contributed by atoms with Crippen molar-refractivity contribution in [1.82, 2.24) is 10.2 Å². The summed E-state index contributed by atoms with van der Waals surface area (Å²) in [4.78, 5) is 14.4. The Morgan fingerprint density at radius 3 is 2.88 bits per heavy atom. The normalized spacial score (nSPS) is 17.8. The molecule has 1 unspecified atom stereocenters. The van der Waals surface area contributed by atoms with Gasteiger partial charge in [0, 0.05) is 22.6 Å². The van der Waals surface area contributed by atoms with Crippen molar-refractivity contribution in [3.63, 3.8) is 0 Å². The minimum Gasteiger partial charge on any atom is -0.351 e. The maximum absolute atomic E-state index is 13.6. The Morgan fingerprint density at radius 2 is 2.08 bits per heavy atom. The molecule has 0 saturated carbocycles. The van der Waals surface area contributed by atoms with Crippen LogP contribution in [0.3, 0.4) is 0 Å². The van der Waals surface area contributed by atoms with Gasteiger partial charge in [0.05, 0.1) is 6.54 Å². The van der Waals surface area contributed by atoms with Gasteiger partial charge in [-0.05, 0) is 43.1 Å². The molecule has 1 atom stereocenters. The summed E-state index contributed by atoms with van der Waals surface area (Å²) in [5, 5.41) is 2.82. The third-order valence-electron chi connectivity index (χ3n) is 4.38. The molecule has 1 fully saturated rings. The lowest BCUT2D eigenvalue weighted by Gasteiger charge is -2.24. The maximum atomic E-state index is 13.6. The highest BCUT2D eigenvalue weighted by atomic mass is 79.9. The highest BCUT2D eigenvalue weighted by Gasteiger charge is 2.27. The first-order valence-corrected chi connectivity index (χ1v) is 8.92. The number of hydrogen-bond donors (Lipinski definition) is 1. The summed E-state index contributed by atoms with van der Waals surface area (Å²) in [5.74, 6) is -0.355. The molecule has 0 spiro atoms. The van der Waals surface area contributed by atoms with Crippen molar-refractivity contribution in [3.05, 3.63) is 69.9 Å². The predicted molar refractivity (Wildman–Crippen MR) is 95.9 cm³/mol. The number of hydrogen-bond acceptors (Lipinski definition) is 2. The van der Waals surface area contributed by atoms with Crippen molar-refractivity contribution in [3.8, 4) is 0 Å². The number of rotatable bonds is 5. The summed E-state index contributed by atoms with van der Waals surface area (Å²) in [7, 11) is 0. The molecule has 2 aromatic carbocycles. The van der Waals surface area contributed by atoms with Crippen LogP contribution in [0.25, 0.3) is 0 Å². The largest absolute Gasteiger partial charge is 0.351 e. The van der Waals surface area contributed by atoms with Crippen LogP contribution in [-0.4, -0.2) is 23.9 Å². The third kappa shape index (κ3) is 4.22.